The highest BCUT2D eigenvalue weighted by Gasteiger charge is 2.21. The molecule has 0 saturated heterocycles. The number of ether oxygens (including phenoxy) is 2. The van der Waals surface area contributed by atoms with Crippen molar-refractivity contribution in [3.05, 3.63) is 34.3 Å². The first-order chi connectivity index (χ1) is 11.6. The number of hydrogen-bond donors (Lipinski definition) is 1. The Hall–Kier alpha value is -2.12. The molecule has 0 atom stereocenters. The minimum absolute atomic E-state index is 0.217. The lowest BCUT2D eigenvalue weighted by atomic mass is 10.2. The molecule has 1 aromatic carbocycles. The van der Waals surface area contributed by atoms with Gasteiger partial charge in [0.05, 0.1) is 19.9 Å². The molecule has 0 saturated carbocycles. The van der Waals surface area contributed by atoms with E-state index < -0.39 is 0 Å². The smallest absolute Gasteiger partial charge is 0.257 e. The van der Waals surface area contributed by atoms with Crippen LogP contribution < -0.4 is 14.8 Å². The van der Waals surface area contributed by atoms with Gasteiger partial charge in [-0.25, -0.2) is 4.98 Å². The molecule has 1 amide bonds. The molecule has 1 aliphatic rings. The molecule has 0 unspecified atom stereocenters. The van der Waals surface area contributed by atoms with E-state index in [-0.39, 0.29) is 5.91 Å². The van der Waals surface area contributed by atoms with Crippen LogP contribution in [-0.4, -0.2) is 43.1 Å². The second-order valence-electron chi connectivity index (χ2n) is 5.56. The predicted octanol–water partition coefficient (Wildman–Crippen LogP) is 2.79. The molecule has 24 heavy (non-hydrogen) atoms. The van der Waals surface area contributed by atoms with Gasteiger partial charge in [-0.2, -0.15) is 0 Å². The maximum atomic E-state index is 12.5. The summed E-state index contributed by atoms with van der Waals surface area (Å²) >= 11 is 1.55. The van der Waals surface area contributed by atoms with Crippen LogP contribution in [0.4, 0.5) is 5.13 Å². The number of carbonyl (C=O) groups excluding carboxylic acids is 1. The molecule has 0 bridgehead atoms. The van der Waals surface area contributed by atoms with Crippen molar-refractivity contribution < 1.29 is 14.3 Å². The second kappa shape index (κ2) is 7.19. The molecule has 1 N–H and O–H groups in total. The summed E-state index contributed by atoms with van der Waals surface area (Å²) < 4.78 is 10.4. The highest BCUT2D eigenvalue weighted by atomic mass is 32.1. The fraction of sp³-hybridized carbons (Fsp3) is 0.412. The number of nitrogens with one attached hydrogen (secondary N) is 1. The largest absolute Gasteiger partial charge is 0.497 e. The van der Waals surface area contributed by atoms with Crippen LogP contribution in [0.2, 0.25) is 0 Å². The van der Waals surface area contributed by atoms with Crippen LogP contribution in [0.3, 0.4) is 0 Å². The Morgan fingerprint density at radius 2 is 2.00 bits per heavy atom. The maximum Gasteiger partial charge on any atom is 0.257 e. The third-order valence-corrected chi connectivity index (χ3v) is 5.09. The first-order valence-corrected chi connectivity index (χ1v) is 8.70. The Morgan fingerprint density at radius 3 is 2.62 bits per heavy atom. The van der Waals surface area contributed by atoms with Gasteiger partial charge in [-0.3, -0.25) is 15.0 Å². The van der Waals surface area contributed by atoms with E-state index in [0.717, 1.165) is 31.7 Å². The number of anilines is 1. The molecule has 0 aliphatic carbocycles. The Bertz CT molecular complexity index is 722. The predicted molar refractivity (Wildman–Crippen MR) is 94.3 cm³/mol. The highest BCUT2D eigenvalue weighted by molar-refractivity contribution is 7.15. The standard InChI is InChI=1S/C17H21N3O3S/c1-4-20-6-5-14-15(10-20)24-17(18-14)19-16(21)11-7-12(22-2)9-13(8-11)23-3/h7-9H,4-6,10H2,1-3H3,(H,18,19,21). The number of fused-ring (bicyclic) bond motifs is 1. The number of carbonyl (C=O) groups is 1. The Kier molecular flexibility index (Phi) is 5.01. The quantitative estimate of drug-likeness (QED) is 0.901. The second-order valence-corrected chi connectivity index (χ2v) is 6.65. The Morgan fingerprint density at radius 1 is 1.29 bits per heavy atom. The van der Waals surface area contributed by atoms with Crippen molar-refractivity contribution in [3.63, 3.8) is 0 Å². The topological polar surface area (TPSA) is 63.7 Å². The third-order valence-electron chi connectivity index (χ3n) is 4.09. The van der Waals surface area contributed by atoms with Crippen molar-refractivity contribution >= 4 is 22.4 Å². The zero-order valence-electron chi connectivity index (χ0n) is 14.1. The molecule has 1 aliphatic heterocycles. The summed E-state index contributed by atoms with van der Waals surface area (Å²) in [6.45, 7) is 5.12. The van der Waals surface area contributed by atoms with Crippen LogP contribution in [0.15, 0.2) is 18.2 Å². The van der Waals surface area contributed by atoms with Gasteiger partial charge in [0.1, 0.15) is 11.5 Å². The number of thiazole rings is 1. The van der Waals surface area contributed by atoms with Crippen LogP contribution in [0, 0.1) is 0 Å². The zero-order valence-corrected chi connectivity index (χ0v) is 14.9. The first kappa shape index (κ1) is 16.7. The fourth-order valence-corrected chi connectivity index (χ4v) is 3.73. The number of aromatic nitrogens is 1. The number of rotatable bonds is 5. The van der Waals surface area contributed by atoms with E-state index in [1.54, 1.807) is 43.8 Å². The van der Waals surface area contributed by atoms with Crippen LogP contribution in [-0.2, 0) is 13.0 Å². The van der Waals surface area contributed by atoms with Gasteiger partial charge >= 0.3 is 0 Å². The molecule has 0 fully saturated rings. The number of amides is 1. The normalized spacial score (nSPS) is 14.1. The van der Waals surface area contributed by atoms with Gasteiger partial charge in [0.15, 0.2) is 5.13 Å². The number of benzene rings is 1. The summed E-state index contributed by atoms with van der Waals surface area (Å²) in [6.07, 6.45) is 0.933. The molecular weight excluding hydrogens is 326 g/mol. The van der Waals surface area contributed by atoms with Gasteiger partial charge in [-0.05, 0) is 18.7 Å². The van der Waals surface area contributed by atoms with E-state index in [1.807, 2.05) is 0 Å². The van der Waals surface area contributed by atoms with Crippen molar-refractivity contribution in [2.24, 2.45) is 0 Å². The fourth-order valence-electron chi connectivity index (χ4n) is 2.68. The van der Waals surface area contributed by atoms with Gasteiger partial charge in [0, 0.05) is 36.0 Å². The van der Waals surface area contributed by atoms with Crippen molar-refractivity contribution in [1.29, 1.82) is 0 Å². The summed E-state index contributed by atoms with van der Waals surface area (Å²) in [4.78, 5) is 20.7. The lowest BCUT2D eigenvalue weighted by Gasteiger charge is -2.23. The summed E-state index contributed by atoms with van der Waals surface area (Å²) in [7, 11) is 3.12. The van der Waals surface area contributed by atoms with E-state index in [1.165, 1.54) is 4.88 Å². The lowest BCUT2D eigenvalue weighted by Crippen LogP contribution is -2.29. The summed E-state index contributed by atoms with van der Waals surface area (Å²) in [6, 6.07) is 5.10. The molecule has 3 rings (SSSR count). The van der Waals surface area contributed by atoms with E-state index in [2.05, 4.69) is 22.1 Å². The summed E-state index contributed by atoms with van der Waals surface area (Å²) in [5.74, 6) is 0.943. The van der Waals surface area contributed by atoms with Crippen LogP contribution in [0.1, 0.15) is 27.9 Å². The SMILES string of the molecule is CCN1CCc2nc(NC(=O)c3cc(OC)cc(OC)c3)sc2C1. The number of methoxy groups -OCH3 is 2. The minimum atomic E-state index is -0.217. The van der Waals surface area contributed by atoms with Gasteiger partial charge in [-0.15, -0.1) is 11.3 Å². The average molecular weight is 347 g/mol. The van der Waals surface area contributed by atoms with Crippen molar-refractivity contribution in [1.82, 2.24) is 9.88 Å². The molecule has 2 aromatic rings. The Labute approximate surface area is 145 Å². The van der Waals surface area contributed by atoms with E-state index in [0.29, 0.717) is 22.2 Å². The first-order valence-electron chi connectivity index (χ1n) is 7.88. The molecule has 128 valence electrons. The molecular formula is C17H21N3O3S. The molecule has 7 heteroatoms. The van der Waals surface area contributed by atoms with Crippen LogP contribution in [0.5, 0.6) is 11.5 Å². The van der Waals surface area contributed by atoms with Crippen molar-refractivity contribution in [2.75, 3.05) is 32.6 Å². The molecule has 0 spiro atoms. The number of hydrogen-bond acceptors (Lipinski definition) is 6. The average Bonchev–Trinajstić information content (AvgIpc) is 3.02. The van der Waals surface area contributed by atoms with Gasteiger partial charge in [-0.1, -0.05) is 6.92 Å². The van der Waals surface area contributed by atoms with Gasteiger partial charge in [0.25, 0.3) is 5.91 Å². The maximum absolute atomic E-state index is 12.5. The van der Waals surface area contributed by atoms with Crippen LogP contribution >= 0.6 is 11.3 Å². The number of nitrogens with zero attached hydrogens (tertiary/aromatic N) is 2. The monoisotopic (exact) mass is 347 g/mol. The van der Waals surface area contributed by atoms with Crippen molar-refractivity contribution in [3.8, 4) is 11.5 Å². The third kappa shape index (κ3) is 3.52. The molecule has 1 aromatic heterocycles. The summed E-state index contributed by atoms with van der Waals surface area (Å²) in [5.41, 5.74) is 1.58. The van der Waals surface area contributed by atoms with Gasteiger partial charge < -0.3 is 9.47 Å². The molecule has 6 nitrogen and oxygen atoms in total. The Balaban J connectivity index is 1.77. The van der Waals surface area contributed by atoms with Crippen LogP contribution in [0.25, 0.3) is 0 Å². The summed E-state index contributed by atoms with van der Waals surface area (Å²) in [5, 5.41) is 3.53. The molecule has 2 heterocycles. The highest BCUT2D eigenvalue weighted by Crippen LogP contribution is 2.29. The minimum Gasteiger partial charge on any atom is -0.497 e. The molecule has 0 radical (unpaired) electrons. The zero-order chi connectivity index (χ0) is 17.1. The van der Waals surface area contributed by atoms with Crippen molar-refractivity contribution in [2.45, 2.75) is 19.9 Å². The number of likely N-dealkylation sites (N-methyl/N-ethyl adjacent to an activating group) is 1. The van der Waals surface area contributed by atoms with E-state index >= 15 is 0 Å². The van der Waals surface area contributed by atoms with Gasteiger partial charge in [0.2, 0.25) is 0 Å². The van der Waals surface area contributed by atoms with E-state index in [9.17, 15) is 4.79 Å². The lowest BCUT2D eigenvalue weighted by molar-refractivity contribution is 0.102. The van der Waals surface area contributed by atoms with E-state index in [4.69, 9.17) is 9.47 Å².